The van der Waals surface area contributed by atoms with Gasteiger partial charge in [0.05, 0.1) is 10.6 Å². The predicted octanol–water partition coefficient (Wildman–Crippen LogP) is 3.47. The normalized spacial score (nSPS) is 13.9. The molecule has 160 valence electrons. The van der Waals surface area contributed by atoms with Crippen molar-refractivity contribution in [3.05, 3.63) is 66.2 Å². The van der Waals surface area contributed by atoms with Crippen molar-refractivity contribution in [2.45, 2.75) is 18.7 Å². The number of hydrogen-bond donors (Lipinski definition) is 1. The second-order valence-electron chi connectivity index (χ2n) is 7.25. The van der Waals surface area contributed by atoms with Crippen LogP contribution in [0, 0.1) is 0 Å². The average Bonchev–Trinajstić information content (AvgIpc) is 2.98. The van der Waals surface area contributed by atoms with Gasteiger partial charge in [0, 0.05) is 29.7 Å². The van der Waals surface area contributed by atoms with E-state index in [2.05, 4.69) is 5.32 Å². The first-order valence-corrected chi connectivity index (χ1v) is 11.5. The highest BCUT2D eigenvalue weighted by Gasteiger charge is 2.36. The van der Waals surface area contributed by atoms with Crippen molar-refractivity contribution in [2.24, 2.45) is 0 Å². The van der Waals surface area contributed by atoms with Crippen molar-refractivity contribution in [3.63, 3.8) is 0 Å². The van der Waals surface area contributed by atoms with Gasteiger partial charge in [0.1, 0.15) is 6.54 Å². The summed E-state index contributed by atoms with van der Waals surface area (Å²) in [6.07, 6.45) is 0. The van der Waals surface area contributed by atoms with Crippen LogP contribution < -0.4 is 9.62 Å². The molecular formula is C23H23N3O4S. The topological polar surface area (TPSA) is 86.8 Å². The minimum Gasteiger partial charge on any atom is -0.339 e. The van der Waals surface area contributed by atoms with Crippen LogP contribution in [0.4, 0.5) is 11.4 Å². The summed E-state index contributed by atoms with van der Waals surface area (Å²) in [6, 6.07) is 17.1. The van der Waals surface area contributed by atoms with Crippen molar-refractivity contribution in [2.75, 3.05) is 29.3 Å². The monoisotopic (exact) mass is 437 g/mol. The zero-order valence-corrected chi connectivity index (χ0v) is 18.1. The Morgan fingerprint density at radius 1 is 0.968 bits per heavy atom. The lowest BCUT2D eigenvalue weighted by Gasteiger charge is -2.20. The van der Waals surface area contributed by atoms with Gasteiger partial charge in [-0.05, 0) is 49.6 Å². The summed E-state index contributed by atoms with van der Waals surface area (Å²) in [7, 11) is -3.81. The number of carbonyl (C=O) groups excluding carboxylic acids is 2. The molecule has 8 heteroatoms. The number of carbonyl (C=O) groups is 2. The van der Waals surface area contributed by atoms with Crippen molar-refractivity contribution in [3.8, 4) is 0 Å². The maximum Gasteiger partial charge on any atom is 0.265 e. The van der Waals surface area contributed by atoms with Crippen LogP contribution in [-0.2, 0) is 14.8 Å². The van der Waals surface area contributed by atoms with Crippen molar-refractivity contribution < 1.29 is 18.0 Å². The van der Waals surface area contributed by atoms with Crippen LogP contribution in [0.25, 0.3) is 10.8 Å². The Labute approximate surface area is 181 Å². The first-order valence-electron chi connectivity index (χ1n) is 10.1. The molecule has 0 aliphatic carbocycles. The first-order chi connectivity index (χ1) is 14.9. The lowest BCUT2D eigenvalue weighted by Crippen LogP contribution is -2.35. The second-order valence-corrected chi connectivity index (χ2v) is 9.08. The van der Waals surface area contributed by atoms with E-state index >= 15 is 0 Å². The second kappa shape index (κ2) is 8.03. The molecule has 1 heterocycles. The van der Waals surface area contributed by atoms with Gasteiger partial charge in [0.2, 0.25) is 5.91 Å². The SMILES string of the molecule is CCN(CC)C(=O)c1cccc(NC(=O)CN2c3cccc4cccc(c34)S2(=O)=O)c1. The maximum absolute atomic E-state index is 13.0. The number of hydrogen-bond acceptors (Lipinski definition) is 4. The summed E-state index contributed by atoms with van der Waals surface area (Å²) >= 11 is 0. The van der Waals surface area contributed by atoms with Gasteiger partial charge in [-0.3, -0.25) is 13.9 Å². The quantitative estimate of drug-likeness (QED) is 0.640. The van der Waals surface area contributed by atoms with E-state index < -0.39 is 15.9 Å². The standard InChI is InChI=1S/C23H23N3O4S/c1-3-25(4-2)23(28)17-10-5-11-18(14-17)24-21(27)15-26-19-12-6-8-16-9-7-13-20(22(16)19)31(26,29)30/h5-14H,3-4,15H2,1-2H3,(H,24,27). The third kappa shape index (κ3) is 3.63. The molecule has 7 nitrogen and oxygen atoms in total. The lowest BCUT2D eigenvalue weighted by atomic mass is 10.1. The number of sulfonamides is 1. The van der Waals surface area contributed by atoms with Gasteiger partial charge in [-0.2, -0.15) is 0 Å². The molecular weight excluding hydrogens is 414 g/mol. The molecule has 0 radical (unpaired) electrons. The largest absolute Gasteiger partial charge is 0.339 e. The summed E-state index contributed by atoms with van der Waals surface area (Å²) in [6.45, 7) is 4.63. The smallest absolute Gasteiger partial charge is 0.265 e. The van der Waals surface area contributed by atoms with Gasteiger partial charge in [0.15, 0.2) is 0 Å². The molecule has 2 amide bonds. The van der Waals surface area contributed by atoms with Crippen LogP contribution >= 0.6 is 0 Å². The third-order valence-electron chi connectivity index (χ3n) is 5.41. The Hall–Kier alpha value is -3.39. The molecule has 1 aliphatic heterocycles. The van der Waals surface area contributed by atoms with E-state index in [0.29, 0.717) is 35.4 Å². The Kier molecular flexibility index (Phi) is 5.41. The summed E-state index contributed by atoms with van der Waals surface area (Å²) in [5.41, 5.74) is 1.40. The summed E-state index contributed by atoms with van der Waals surface area (Å²) in [5, 5.41) is 4.16. The van der Waals surface area contributed by atoms with E-state index in [1.165, 1.54) is 0 Å². The van der Waals surface area contributed by atoms with E-state index in [-0.39, 0.29) is 17.3 Å². The van der Waals surface area contributed by atoms with E-state index in [1.54, 1.807) is 53.4 Å². The molecule has 3 aromatic carbocycles. The Balaban J connectivity index is 1.56. The minimum absolute atomic E-state index is 0.120. The predicted molar refractivity (Wildman–Crippen MR) is 121 cm³/mol. The van der Waals surface area contributed by atoms with Crippen molar-refractivity contribution in [1.82, 2.24) is 4.90 Å². The molecule has 0 atom stereocenters. The molecule has 31 heavy (non-hydrogen) atoms. The number of rotatable bonds is 6. The average molecular weight is 438 g/mol. The van der Waals surface area contributed by atoms with Gasteiger partial charge in [-0.25, -0.2) is 8.42 Å². The molecule has 0 fully saturated rings. The Bertz CT molecular complexity index is 1280. The van der Waals surface area contributed by atoms with E-state index in [4.69, 9.17) is 0 Å². The number of nitrogens with one attached hydrogen (secondary N) is 1. The third-order valence-corrected chi connectivity index (χ3v) is 7.21. The van der Waals surface area contributed by atoms with Crippen LogP contribution in [0.3, 0.4) is 0 Å². The van der Waals surface area contributed by atoms with Crippen LogP contribution in [0.5, 0.6) is 0 Å². The highest BCUT2D eigenvalue weighted by Crippen LogP contribution is 2.41. The molecule has 4 rings (SSSR count). The number of amides is 2. The van der Waals surface area contributed by atoms with Crippen molar-refractivity contribution >= 4 is 44.0 Å². The van der Waals surface area contributed by atoms with Gasteiger partial charge in [-0.1, -0.05) is 30.3 Å². The summed E-state index contributed by atoms with van der Waals surface area (Å²) < 4.78 is 27.2. The van der Waals surface area contributed by atoms with Crippen LogP contribution in [0.1, 0.15) is 24.2 Å². The number of nitrogens with zero attached hydrogens (tertiary/aromatic N) is 2. The molecule has 0 saturated carbocycles. The fourth-order valence-corrected chi connectivity index (χ4v) is 5.55. The molecule has 3 aromatic rings. The fraction of sp³-hybridized carbons (Fsp3) is 0.217. The van der Waals surface area contributed by atoms with E-state index in [9.17, 15) is 18.0 Å². The number of benzene rings is 3. The van der Waals surface area contributed by atoms with E-state index in [1.807, 2.05) is 26.0 Å². The molecule has 0 aromatic heterocycles. The van der Waals surface area contributed by atoms with Crippen LogP contribution in [-0.4, -0.2) is 44.8 Å². The highest BCUT2D eigenvalue weighted by molar-refractivity contribution is 7.93. The zero-order valence-electron chi connectivity index (χ0n) is 17.3. The minimum atomic E-state index is -3.81. The highest BCUT2D eigenvalue weighted by atomic mass is 32.2. The summed E-state index contributed by atoms with van der Waals surface area (Å²) in [4.78, 5) is 27.2. The molecule has 0 unspecified atom stereocenters. The molecule has 1 N–H and O–H groups in total. The van der Waals surface area contributed by atoms with Gasteiger partial charge < -0.3 is 10.2 Å². The summed E-state index contributed by atoms with van der Waals surface area (Å²) in [5.74, 6) is -0.605. The van der Waals surface area contributed by atoms with Crippen LogP contribution in [0.15, 0.2) is 65.6 Å². The van der Waals surface area contributed by atoms with Gasteiger partial charge >= 0.3 is 0 Å². The Morgan fingerprint density at radius 3 is 2.35 bits per heavy atom. The molecule has 0 saturated heterocycles. The lowest BCUT2D eigenvalue weighted by molar-refractivity contribution is -0.114. The van der Waals surface area contributed by atoms with Gasteiger partial charge in [-0.15, -0.1) is 0 Å². The van der Waals surface area contributed by atoms with Crippen molar-refractivity contribution in [1.29, 1.82) is 0 Å². The van der Waals surface area contributed by atoms with Crippen LogP contribution in [0.2, 0.25) is 0 Å². The Morgan fingerprint density at radius 2 is 1.65 bits per heavy atom. The molecule has 0 spiro atoms. The maximum atomic E-state index is 13.0. The van der Waals surface area contributed by atoms with Gasteiger partial charge in [0.25, 0.3) is 15.9 Å². The van der Waals surface area contributed by atoms with E-state index in [0.717, 1.165) is 9.69 Å². The fourth-order valence-electron chi connectivity index (χ4n) is 3.88. The zero-order chi connectivity index (χ0) is 22.2. The molecule has 0 bridgehead atoms. The first kappa shape index (κ1) is 20.9. The number of anilines is 2. The molecule has 1 aliphatic rings.